The zero-order valence-corrected chi connectivity index (χ0v) is 19.4. The van der Waals surface area contributed by atoms with Crippen LogP contribution in [0.1, 0.15) is 28.9 Å². The molecule has 3 aromatic heterocycles. The second kappa shape index (κ2) is 9.11. The van der Waals surface area contributed by atoms with Gasteiger partial charge in [-0.1, -0.05) is 0 Å². The molecule has 186 valence electrons. The average Bonchev–Trinajstić information content (AvgIpc) is 3.29. The Morgan fingerprint density at radius 2 is 1.94 bits per heavy atom. The SMILES string of the molecule is COc1ccc(-c2nc(C(=O)N3CC(Oc4ncccn4)C3)c(CN)o2)c2ccc(C(C)(F)F)nc12. The number of likely N-dealkylation sites (tertiary alicyclic amines) is 1. The van der Waals surface area contributed by atoms with Crippen molar-refractivity contribution < 1.29 is 27.5 Å². The molecule has 2 N–H and O–H groups in total. The van der Waals surface area contributed by atoms with E-state index < -0.39 is 11.6 Å². The Morgan fingerprint density at radius 1 is 1.19 bits per heavy atom. The molecule has 0 spiro atoms. The number of rotatable bonds is 7. The number of ether oxygens (including phenoxy) is 2. The Bertz CT molecular complexity index is 1420. The molecule has 10 nitrogen and oxygen atoms in total. The predicted octanol–water partition coefficient (Wildman–Crippen LogP) is 3.16. The molecule has 36 heavy (non-hydrogen) atoms. The highest BCUT2D eigenvalue weighted by atomic mass is 19.3. The van der Waals surface area contributed by atoms with E-state index in [1.165, 1.54) is 19.2 Å². The van der Waals surface area contributed by atoms with Gasteiger partial charge in [-0.3, -0.25) is 4.79 Å². The van der Waals surface area contributed by atoms with Gasteiger partial charge in [0.05, 0.1) is 26.7 Å². The van der Waals surface area contributed by atoms with Crippen LogP contribution >= 0.6 is 0 Å². The highest BCUT2D eigenvalue weighted by Crippen LogP contribution is 2.36. The van der Waals surface area contributed by atoms with Gasteiger partial charge in [-0.25, -0.2) is 19.9 Å². The third kappa shape index (κ3) is 4.31. The van der Waals surface area contributed by atoms with E-state index in [4.69, 9.17) is 19.6 Å². The Kier molecular flexibility index (Phi) is 5.96. The Morgan fingerprint density at radius 3 is 2.61 bits per heavy atom. The van der Waals surface area contributed by atoms with Gasteiger partial charge < -0.3 is 24.5 Å². The van der Waals surface area contributed by atoms with E-state index in [0.717, 1.165) is 6.92 Å². The highest BCUT2D eigenvalue weighted by molar-refractivity contribution is 5.98. The largest absolute Gasteiger partial charge is 0.494 e. The minimum atomic E-state index is -3.13. The molecule has 1 saturated heterocycles. The zero-order chi connectivity index (χ0) is 25.4. The van der Waals surface area contributed by atoms with Crippen molar-refractivity contribution >= 4 is 16.8 Å². The number of amides is 1. The summed E-state index contributed by atoms with van der Waals surface area (Å²) in [6.45, 7) is 1.37. The number of methoxy groups -OCH3 is 1. The minimum absolute atomic E-state index is 0.0573. The normalized spacial score (nSPS) is 14.1. The summed E-state index contributed by atoms with van der Waals surface area (Å²) in [4.78, 5) is 31.2. The smallest absolute Gasteiger partial charge is 0.316 e. The van der Waals surface area contributed by atoms with Crippen molar-refractivity contribution in [2.75, 3.05) is 20.2 Å². The van der Waals surface area contributed by atoms with Gasteiger partial charge in [0.2, 0.25) is 5.89 Å². The number of halogens is 2. The summed E-state index contributed by atoms with van der Waals surface area (Å²) in [7, 11) is 1.43. The van der Waals surface area contributed by atoms with Gasteiger partial charge in [0.15, 0.2) is 11.5 Å². The van der Waals surface area contributed by atoms with Crippen molar-refractivity contribution in [3.8, 4) is 23.2 Å². The standard InChI is InChI=1S/C24H22F2N6O4/c1-24(25,26)18-7-5-14-15(4-6-16(34-2)19(14)30-18)21-31-20(17(10-27)36-21)22(33)32-11-13(12-32)35-23-28-8-3-9-29-23/h3-9,13H,10-12,27H2,1-2H3. The molecule has 0 saturated carbocycles. The van der Waals surface area contributed by atoms with Crippen molar-refractivity contribution in [2.45, 2.75) is 25.5 Å². The fourth-order valence-electron chi connectivity index (χ4n) is 3.88. The van der Waals surface area contributed by atoms with Gasteiger partial charge in [-0.15, -0.1) is 0 Å². The molecule has 0 aliphatic carbocycles. The molecule has 4 heterocycles. The number of nitrogens with zero attached hydrogens (tertiary/aromatic N) is 5. The second-order valence-electron chi connectivity index (χ2n) is 8.27. The Hall–Kier alpha value is -4.19. The van der Waals surface area contributed by atoms with Crippen LogP contribution in [-0.2, 0) is 12.5 Å². The number of carbonyl (C=O) groups is 1. The van der Waals surface area contributed by atoms with Gasteiger partial charge in [0, 0.05) is 30.3 Å². The Labute approximate surface area is 204 Å². The molecule has 1 aliphatic heterocycles. The number of pyridine rings is 1. The molecule has 0 bridgehead atoms. The maximum Gasteiger partial charge on any atom is 0.316 e. The fourth-order valence-corrected chi connectivity index (χ4v) is 3.88. The molecule has 0 radical (unpaired) electrons. The van der Waals surface area contributed by atoms with E-state index in [0.29, 0.717) is 29.8 Å². The quantitative estimate of drug-likeness (QED) is 0.410. The van der Waals surface area contributed by atoms with Crippen LogP contribution in [0.25, 0.3) is 22.4 Å². The zero-order valence-electron chi connectivity index (χ0n) is 19.4. The number of carbonyl (C=O) groups excluding carboxylic acids is 1. The number of alkyl halides is 2. The monoisotopic (exact) mass is 496 g/mol. The lowest BCUT2D eigenvalue weighted by atomic mass is 10.1. The molecule has 12 heteroatoms. The molecule has 0 atom stereocenters. The predicted molar refractivity (Wildman–Crippen MR) is 124 cm³/mol. The van der Waals surface area contributed by atoms with Crippen LogP contribution in [0.15, 0.2) is 47.1 Å². The first-order valence-electron chi connectivity index (χ1n) is 11.1. The number of oxazole rings is 1. The number of hydrogen-bond acceptors (Lipinski definition) is 9. The van der Waals surface area contributed by atoms with E-state index >= 15 is 0 Å². The first kappa shape index (κ1) is 23.5. The summed E-state index contributed by atoms with van der Waals surface area (Å²) in [5.74, 6) is -2.84. The molecule has 1 amide bonds. The van der Waals surface area contributed by atoms with Crippen LogP contribution in [0, 0.1) is 0 Å². The molecular weight excluding hydrogens is 474 g/mol. The second-order valence-corrected chi connectivity index (χ2v) is 8.27. The van der Waals surface area contributed by atoms with E-state index in [2.05, 4.69) is 19.9 Å². The van der Waals surface area contributed by atoms with E-state index in [1.54, 1.807) is 35.5 Å². The van der Waals surface area contributed by atoms with Crippen molar-refractivity contribution in [3.05, 3.63) is 59.9 Å². The summed E-state index contributed by atoms with van der Waals surface area (Å²) in [5, 5.41) is 0.478. The Balaban J connectivity index is 1.43. The van der Waals surface area contributed by atoms with Gasteiger partial charge in [0.1, 0.15) is 23.1 Å². The molecule has 5 rings (SSSR count). The number of hydrogen-bond donors (Lipinski definition) is 1. The van der Waals surface area contributed by atoms with Crippen molar-refractivity contribution in [2.24, 2.45) is 5.73 Å². The lowest BCUT2D eigenvalue weighted by Crippen LogP contribution is -2.56. The number of aromatic nitrogens is 4. The average molecular weight is 496 g/mol. The van der Waals surface area contributed by atoms with E-state index in [1.807, 2.05) is 0 Å². The van der Waals surface area contributed by atoms with Crippen molar-refractivity contribution in [1.29, 1.82) is 0 Å². The fraction of sp³-hybridized carbons (Fsp3) is 0.292. The van der Waals surface area contributed by atoms with Crippen LogP contribution < -0.4 is 15.2 Å². The van der Waals surface area contributed by atoms with Crippen molar-refractivity contribution in [1.82, 2.24) is 24.8 Å². The molecule has 0 unspecified atom stereocenters. The van der Waals surface area contributed by atoms with Crippen LogP contribution in [0.2, 0.25) is 0 Å². The number of fused-ring (bicyclic) bond motifs is 1. The highest BCUT2D eigenvalue weighted by Gasteiger charge is 2.36. The summed E-state index contributed by atoms with van der Waals surface area (Å²) in [6, 6.07) is 7.91. The molecular formula is C24H22F2N6O4. The number of nitrogens with two attached hydrogens (primary N) is 1. The van der Waals surface area contributed by atoms with Crippen molar-refractivity contribution in [3.63, 3.8) is 0 Å². The summed E-state index contributed by atoms with van der Waals surface area (Å²) in [5.41, 5.74) is 6.20. The summed E-state index contributed by atoms with van der Waals surface area (Å²) in [6.07, 6.45) is 2.90. The van der Waals surface area contributed by atoms with Crippen LogP contribution in [0.5, 0.6) is 11.8 Å². The maximum atomic E-state index is 13.9. The van der Waals surface area contributed by atoms with Gasteiger partial charge in [-0.2, -0.15) is 8.78 Å². The summed E-state index contributed by atoms with van der Waals surface area (Å²) >= 11 is 0. The number of benzene rings is 1. The first-order valence-corrected chi connectivity index (χ1v) is 11.1. The van der Waals surface area contributed by atoms with E-state index in [9.17, 15) is 13.6 Å². The molecule has 1 aromatic carbocycles. The third-order valence-electron chi connectivity index (χ3n) is 5.75. The first-order chi connectivity index (χ1) is 17.3. The molecule has 1 aliphatic rings. The lowest BCUT2D eigenvalue weighted by Gasteiger charge is -2.37. The van der Waals surface area contributed by atoms with Gasteiger partial charge in [0.25, 0.3) is 11.8 Å². The topological polar surface area (TPSA) is 129 Å². The van der Waals surface area contributed by atoms with Gasteiger partial charge >= 0.3 is 6.01 Å². The third-order valence-corrected chi connectivity index (χ3v) is 5.75. The van der Waals surface area contributed by atoms with E-state index in [-0.39, 0.29) is 47.4 Å². The minimum Gasteiger partial charge on any atom is -0.494 e. The lowest BCUT2D eigenvalue weighted by molar-refractivity contribution is 0.0130. The van der Waals surface area contributed by atoms with Crippen LogP contribution in [0.3, 0.4) is 0 Å². The summed E-state index contributed by atoms with van der Waals surface area (Å²) < 4.78 is 44.6. The van der Waals surface area contributed by atoms with Crippen LogP contribution in [0.4, 0.5) is 8.78 Å². The molecule has 4 aromatic rings. The van der Waals surface area contributed by atoms with Gasteiger partial charge in [-0.05, 0) is 30.3 Å². The molecule has 1 fully saturated rings. The maximum absolute atomic E-state index is 13.9. The van der Waals surface area contributed by atoms with Crippen LogP contribution in [-0.4, -0.2) is 57.0 Å².